The molecule has 0 aliphatic rings. The zero-order valence-electron chi connectivity index (χ0n) is 14.7. The van der Waals surface area contributed by atoms with Crippen LogP contribution in [0.4, 0.5) is 5.69 Å². The van der Waals surface area contributed by atoms with E-state index in [9.17, 15) is 14.9 Å². The highest BCUT2D eigenvalue weighted by Gasteiger charge is 2.18. The summed E-state index contributed by atoms with van der Waals surface area (Å²) in [7, 11) is 0. The molecule has 0 atom stereocenters. The number of benzene rings is 3. The lowest BCUT2D eigenvalue weighted by atomic mass is 10.0. The van der Waals surface area contributed by atoms with Gasteiger partial charge in [-0.1, -0.05) is 35.9 Å². The molecule has 0 bridgehead atoms. The standard InChI is InChI=1S/C21H16BrNO4/c1-13-4-3-5-15(10-13)16-7-9-20(14(2)11-16)27-21(24)17-6-8-18(22)19(12-17)23(25)26/h3-12H,1-2H3. The van der Waals surface area contributed by atoms with E-state index in [0.29, 0.717) is 10.2 Å². The molecule has 6 heteroatoms. The summed E-state index contributed by atoms with van der Waals surface area (Å²) in [6.07, 6.45) is 0. The first kappa shape index (κ1) is 18.8. The summed E-state index contributed by atoms with van der Waals surface area (Å²) in [5.74, 6) is -0.223. The average Bonchev–Trinajstić information content (AvgIpc) is 2.63. The molecular formula is C21H16BrNO4. The minimum atomic E-state index is -0.642. The van der Waals surface area contributed by atoms with E-state index in [2.05, 4.69) is 22.0 Å². The molecular weight excluding hydrogens is 410 g/mol. The maximum Gasteiger partial charge on any atom is 0.343 e. The summed E-state index contributed by atoms with van der Waals surface area (Å²) < 4.78 is 5.75. The van der Waals surface area contributed by atoms with Crippen LogP contribution in [0.5, 0.6) is 5.75 Å². The quantitative estimate of drug-likeness (QED) is 0.227. The number of esters is 1. The van der Waals surface area contributed by atoms with Crippen molar-refractivity contribution in [3.63, 3.8) is 0 Å². The fourth-order valence-corrected chi connectivity index (χ4v) is 3.10. The number of carbonyl (C=O) groups excluding carboxylic acids is 1. The van der Waals surface area contributed by atoms with E-state index < -0.39 is 10.9 Å². The van der Waals surface area contributed by atoms with Gasteiger partial charge < -0.3 is 4.74 Å². The molecule has 0 fully saturated rings. The number of carbonyl (C=O) groups is 1. The highest BCUT2D eigenvalue weighted by Crippen LogP contribution is 2.29. The second-order valence-corrected chi connectivity index (χ2v) is 7.02. The molecule has 5 nitrogen and oxygen atoms in total. The number of halogens is 1. The molecule has 0 N–H and O–H groups in total. The maximum atomic E-state index is 12.4. The zero-order chi connectivity index (χ0) is 19.6. The third-order valence-corrected chi connectivity index (χ3v) is 4.78. The van der Waals surface area contributed by atoms with E-state index in [4.69, 9.17) is 4.74 Å². The molecule has 0 saturated heterocycles. The normalized spacial score (nSPS) is 10.5. The van der Waals surface area contributed by atoms with Gasteiger partial charge in [0.05, 0.1) is 15.0 Å². The topological polar surface area (TPSA) is 69.4 Å². The van der Waals surface area contributed by atoms with Crippen molar-refractivity contribution in [1.29, 1.82) is 0 Å². The molecule has 3 aromatic carbocycles. The van der Waals surface area contributed by atoms with Gasteiger partial charge in [0.2, 0.25) is 0 Å². The van der Waals surface area contributed by atoms with Gasteiger partial charge in [0.15, 0.2) is 0 Å². The van der Waals surface area contributed by atoms with E-state index in [1.165, 1.54) is 18.2 Å². The number of nitro benzene ring substituents is 1. The van der Waals surface area contributed by atoms with Gasteiger partial charge in [-0.25, -0.2) is 4.79 Å². The van der Waals surface area contributed by atoms with Crippen LogP contribution in [0.25, 0.3) is 11.1 Å². The van der Waals surface area contributed by atoms with Gasteiger partial charge in [-0.05, 0) is 70.7 Å². The van der Waals surface area contributed by atoms with Crippen molar-refractivity contribution in [2.45, 2.75) is 13.8 Å². The van der Waals surface area contributed by atoms with Gasteiger partial charge in [-0.3, -0.25) is 10.1 Å². The second kappa shape index (κ2) is 7.72. The Kier molecular flexibility index (Phi) is 5.37. The third kappa shape index (κ3) is 4.23. The van der Waals surface area contributed by atoms with Crippen LogP contribution < -0.4 is 4.74 Å². The van der Waals surface area contributed by atoms with Gasteiger partial charge in [-0.2, -0.15) is 0 Å². The first-order valence-corrected chi connectivity index (χ1v) is 8.98. The van der Waals surface area contributed by atoms with Crippen LogP contribution in [-0.4, -0.2) is 10.9 Å². The van der Waals surface area contributed by atoms with Crippen LogP contribution in [0.15, 0.2) is 65.1 Å². The summed E-state index contributed by atoms with van der Waals surface area (Å²) in [6.45, 7) is 3.88. The Morgan fingerprint density at radius 1 is 1.00 bits per heavy atom. The molecule has 0 heterocycles. The highest BCUT2D eigenvalue weighted by molar-refractivity contribution is 9.10. The third-order valence-electron chi connectivity index (χ3n) is 4.11. The largest absolute Gasteiger partial charge is 0.423 e. The summed E-state index contributed by atoms with van der Waals surface area (Å²) in [6, 6.07) is 17.8. The Labute approximate surface area is 164 Å². The van der Waals surface area contributed by atoms with Crippen LogP contribution in [0, 0.1) is 24.0 Å². The molecule has 0 aromatic heterocycles. The number of nitro groups is 1. The average molecular weight is 426 g/mol. The Morgan fingerprint density at radius 2 is 1.74 bits per heavy atom. The summed E-state index contributed by atoms with van der Waals surface area (Å²) >= 11 is 3.10. The summed E-state index contributed by atoms with van der Waals surface area (Å²) in [4.78, 5) is 22.9. The van der Waals surface area contributed by atoms with Crippen molar-refractivity contribution in [3.8, 4) is 16.9 Å². The van der Waals surface area contributed by atoms with Crippen LogP contribution in [-0.2, 0) is 0 Å². The molecule has 27 heavy (non-hydrogen) atoms. The van der Waals surface area contributed by atoms with Gasteiger partial charge in [0.1, 0.15) is 5.75 Å². The van der Waals surface area contributed by atoms with Crippen LogP contribution in [0.3, 0.4) is 0 Å². The maximum absolute atomic E-state index is 12.4. The van der Waals surface area contributed by atoms with E-state index in [-0.39, 0.29) is 11.3 Å². The minimum absolute atomic E-state index is 0.118. The van der Waals surface area contributed by atoms with Crippen LogP contribution >= 0.6 is 15.9 Å². The van der Waals surface area contributed by atoms with E-state index in [0.717, 1.165) is 22.3 Å². The van der Waals surface area contributed by atoms with Crippen LogP contribution in [0.1, 0.15) is 21.5 Å². The molecule has 0 aliphatic carbocycles. The van der Waals surface area contributed by atoms with Gasteiger partial charge in [0.25, 0.3) is 5.69 Å². The van der Waals surface area contributed by atoms with E-state index >= 15 is 0 Å². The van der Waals surface area contributed by atoms with Crippen molar-refractivity contribution >= 4 is 27.6 Å². The molecule has 136 valence electrons. The van der Waals surface area contributed by atoms with Crippen molar-refractivity contribution in [1.82, 2.24) is 0 Å². The number of aryl methyl sites for hydroxylation is 2. The van der Waals surface area contributed by atoms with E-state index in [1.54, 1.807) is 6.07 Å². The van der Waals surface area contributed by atoms with Gasteiger partial charge >= 0.3 is 5.97 Å². The highest BCUT2D eigenvalue weighted by atomic mass is 79.9. The molecule has 3 rings (SSSR count). The monoisotopic (exact) mass is 425 g/mol. The van der Waals surface area contributed by atoms with Crippen molar-refractivity contribution in [2.75, 3.05) is 0 Å². The van der Waals surface area contributed by atoms with Crippen molar-refractivity contribution < 1.29 is 14.5 Å². The number of hydrogen-bond donors (Lipinski definition) is 0. The van der Waals surface area contributed by atoms with Crippen molar-refractivity contribution in [2.24, 2.45) is 0 Å². The Morgan fingerprint density at radius 3 is 2.41 bits per heavy atom. The van der Waals surface area contributed by atoms with Crippen LogP contribution in [0.2, 0.25) is 0 Å². The zero-order valence-corrected chi connectivity index (χ0v) is 16.3. The molecule has 0 spiro atoms. The Hall–Kier alpha value is -2.99. The Bertz CT molecular complexity index is 1050. The predicted octanol–water partition coefficient (Wildman–Crippen LogP) is 5.86. The molecule has 0 saturated carbocycles. The number of rotatable bonds is 4. The molecule has 0 aliphatic heterocycles. The predicted molar refractivity (Wildman–Crippen MR) is 107 cm³/mol. The molecule has 0 unspecified atom stereocenters. The van der Waals surface area contributed by atoms with Crippen molar-refractivity contribution in [3.05, 3.63) is 91.9 Å². The fourth-order valence-electron chi connectivity index (χ4n) is 2.71. The fraction of sp³-hybridized carbons (Fsp3) is 0.0952. The Balaban J connectivity index is 1.85. The van der Waals surface area contributed by atoms with Gasteiger partial charge in [0, 0.05) is 6.07 Å². The first-order chi connectivity index (χ1) is 12.8. The lowest BCUT2D eigenvalue weighted by Crippen LogP contribution is -2.10. The summed E-state index contributed by atoms with van der Waals surface area (Å²) in [5, 5.41) is 11.0. The summed E-state index contributed by atoms with van der Waals surface area (Å²) in [5.41, 5.74) is 4.00. The first-order valence-electron chi connectivity index (χ1n) is 8.19. The second-order valence-electron chi connectivity index (χ2n) is 6.16. The van der Waals surface area contributed by atoms with Gasteiger partial charge in [-0.15, -0.1) is 0 Å². The molecule has 0 amide bonds. The lowest BCUT2D eigenvalue weighted by Gasteiger charge is -2.10. The SMILES string of the molecule is Cc1cccc(-c2ccc(OC(=O)c3ccc(Br)c([N+](=O)[O-])c3)c(C)c2)c1. The molecule has 3 aromatic rings. The smallest absolute Gasteiger partial charge is 0.343 e. The lowest BCUT2D eigenvalue weighted by molar-refractivity contribution is -0.385. The molecule has 0 radical (unpaired) electrons. The van der Waals surface area contributed by atoms with E-state index in [1.807, 2.05) is 44.2 Å². The number of hydrogen-bond acceptors (Lipinski definition) is 4. The number of ether oxygens (including phenoxy) is 1. The number of nitrogens with zero attached hydrogens (tertiary/aromatic N) is 1. The minimum Gasteiger partial charge on any atom is -0.423 e.